The van der Waals surface area contributed by atoms with Crippen LogP contribution in [0.2, 0.25) is 0 Å². The van der Waals surface area contributed by atoms with Gasteiger partial charge in [-0.1, -0.05) is 48.5 Å². The highest BCUT2D eigenvalue weighted by molar-refractivity contribution is 6.21. The van der Waals surface area contributed by atoms with E-state index in [1.165, 1.54) is 0 Å². The molecule has 1 atom stereocenters. The zero-order valence-electron chi connectivity index (χ0n) is 12.0. The number of nitrogens with one attached hydrogen (secondary N) is 1. The van der Waals surface area contributed by atoms with Crippen LogP contribution < -0.4 is 5.32 Å². The molecule has 21 heavy (non-hydrogen) atoms. The quantitative estimate of drug-likeness (QED) is 0.818. The third-order valence-corrected chi connectivity index (χ3v) is 4.38. The molecule has 2 aromatic carbocycles. The van der Waals surface area contributed by atoms with Crippen LogP contribution in [0.3, 0.4) is 0 Å². The van der Waals surface area contributed by atoms with Crippen molar-refractivity contribution in [2.24, 2.45) is 0 Å². The first-order valence-corrected chi connectivity index (χ1v) is 7.67. The summed E-state index contributed by atoms with van der Waals surface area (Å²) in [6.45, 7) is 1.91. The van der Waals surface area contributed by atoms with Crippen molar-refractivity contribution in [3.8, 4) is 0 Å². The number of anilines is 1. The van der Waals surface area contributed by atoms with Crippen LogP contribution in [0.1, 0.15) is 36.3 Å². The Morgan fingerprint density at radius 1 is 1.10 bits per heavy atom. The van der Waals surface area contributed by atoms with Crippen molar-refractivity contribution in [1.29, 1.82) is 0 Å². The molecule has 1 fully saturated rings. The van der Waals surface area contributed by atoms with Crippen molar-refractivity contribution in [3.63, 3.8) is 0 Å². The van der Waals surface area contributed by atoms with Crippen LogP contribution in [-0.4, -0.2) is 5.91 Å². The summed E-state index contributed by atoms with van der Waals surface area (Å²) >= 11 is 6.19. The standard InChI is InChI=1S/C18H18ClNO/c1-13(19)15-9-5-6-10-16(15)20-17(21)18(11-12-18)14-7-3-2-4-8-14/h2-10,13H,11-12H2,1H3,(H,20,21). The van der Waals surface area contributed by atoms with E-state index in [1.54, 1.807) is 0 Å². The first-order chi connectivity index (χ1) is 10.1. The van der Waals surface area contributed by atoms with E-state index in [9.17, 15) is 4.79 Å². The van der Waals surface area contributed by atoms with Gasteiger partial charge in [0, 0.05) is 5.69 Å². The van der Waals surface area contributed by atoms with Crippen molar-refractivity contribution in [3.05, 3.63) is 65.7 Å². The Hall–Kier alpha value is -1.80. The van der Waals surface area contributed by atoms with Crippen LogP contribution in [0.4, 0.5) is 5.69 Å². The first kappa shape index (κ1) is 14.2. The number of para-hydroxylation sites is 1. The Kier molecular flexibility index (Phi) is 3.73. The number of carbonyl (C=O) groups excluding carboxylic acids is 1. The van der Waals surface area contributed by atoms with E-state index in [0.717, 1.165) is 29.7 Å². The average Bonchev–Trinajstić information content (AvgIpc) is 3.30. The van der Waals surface area contributed by atoms with Crippen LogP contribution in [-0.2, 0) is 10.2 Å². The van der Waals surface area contributed by atoms with E-state index in [1.807, 2.05) is 61.5 Å². The summed E-state index contributed by atoms with van der Waals surface area (Å²) in [5.41, 5.74) is 2.51. The summed E-state index contributed by atoms with van der Waals surface area (Å²) in [7, 11) is 0. The Balaban J connectivity index is 1.85. The minimum Gasteiger partial charge on any atom is -0.325 e. The maximum atomic E-state index is 12.7. The molecule has 3 heteroatoms. The lowest BCUT2D eigenvalue weighted by molar-refractivity contribution is -0.118. The van der Waals surface area contributed by atoms with E-state index in [0.29, 0.717) is 0 Å². The lowest BCUT2D eigenvalue weighted by Crippen LogP contribution is -2.28. The highest BCUT2D eigenvalue weighted by atomic mass is 35.5. The molecule has 0 spiro atoms. The molecule has 1 saturated carbocycles. The molecule has 0 aromatic heterocycles. The Morgan fingerprint density at radius 3 is 2.33 bits per heavy atom. The zero-order chi connectivity index (χ0) is 14.9. The maximum absolute atomic E-state index is 12.7. The second-order valence-electron chi connectivity index (χ2n) is 5.61. The number of halogens is 1. The van der Waals surface area contributed by atoms with Gasteiger partial charge in [0.2, 0.25) is 5.91 Å². The smallest absolute Gasteiger partial charge is 0.235 e. The second kappa shape index (κ2) is 5.53. The van der Waals surface area contributed by atoms with Gasteiger partial charge in [0.15, 0.2) is 0 Å². The van der Waals surface area contributed by atoms with E-state index in [-0.39, 0.29) is 16.7 Å². The molecule has 2 nitrogen and oxygen atoms in total. The summed E-state index contributed by atoms with van der Waals surface area (Å²) in [5, 5.41) is 2.94. The zero-order valence-corrected chi connectivity index (χ0v) is 12.7. The van der Waals surface area contributed by atoms with Gasteiger partial charge in [-0.05, 0) is 37.0 Å². The molecule has 0 radical (unpaired) electrons. The van der Waals surface area contributed by atoms with Crippen LogP contribution in [0.5, 0.6) is 0 Å². The fourth-order valence-electron chi connectivity index (χ4n) is 2.73. The van der Waals surface area contributed by atoms with Gasteiger partial charge in [0.05, 0.1) is 10.8 Å². The Labute approximate surface area is 130 Å². The summed E-state index contributed by atoms with van der Waals surface area (Å²) in [5.74, 6) is 0.0680. The van der Waals surface area contributed by atoms with Crippen molar-refractivity contribution in [2.75, 3.05) is 5.32 Å². The number of hydrogen-bond donors (Lipinski definition) is 1. The molecule has 0 saturated heterocycles. The maximum Gasteiger partial charge on any atom is 0.235 e. The third-order valence-electron chi connectivity index (χ3n) is 4.15. The van der Waals surface area contributed by atoms with Crippen LogP contribution in [0, 0.1) is 0 Å². The van der Waals surface area contributed by atoms with Gasteiger partial charge in [-0.3, -0.25) is 4.79 Å². The SMILES string of the molecule is CC(Cl)c1ccccc1NC(=O)C1(c2ccccc2)CC1. The van der Waals surface area contributed by atoms with Gasteiger partial charge >= 0.3 is 0 Å². The summed E-state index contributed by atoms with van der Waals surface area (Å²) in [4.78, 5) is 12.7. The predicted octanol–water partition coefficient (Wildman–Crippen LogP) is 4.66. The summed E-state index contributed by atoms with van der Waals surface area (Å²) < 4.78 is 0. The molecule has 1 unspecified atom stereocenters. The second-order valence-corrected chi connectivity index (χ2v) is 6.26. The van der Waals surface area contributed by atoms with Crippen LogP contribution in [0.15, 0.2) is 54.6 Å². The van der Waals surface area contributed by atoms with Gasteiger partial charge in [-0.2, -0.15) is 0 Å². The van der Waals surface area contributed by atoms with Crippen molar-refractivity contribution in [1.82, 2.24) is 0 Å². The van der Waals surface area contributed by atoms with E-state index >= 15 is 0 Å². The van der Waals surface area contributed by atoms with Crippen molar-refractivity contribution < 1.29 is 4.79 Å². The van der Waals surface area contributed by atoms with Gasteiger partial charge in [0.25, 0.3) is 0 Å². The molecule has 0 heterocycles. The number of carbonyl (C=O) groups is 1. The Morgan fingerprint density at radius 2 is 1.71 bits per heavy atom. The third kappa shape index (κ3) is 2.68. The largest absolute Gasteiger partial charge is 0.325 e. The lowest BCUT2D eigenvalue weighted by atomic mass is 9.94. The molecule has 108 valence electrons. The number of hydrogen-bond acceptors (Lipinski definition) is 1. The van der Waals surface area contributed by atoms with E-state index in [2.05, 4.69) is 5.32 Å². The number of benzene rings is 2. The lowest BCUT2D eigenvalue weighted by Gasteiger charge is -2.18. The van der Waals surface area contributed by atoms with Gasteiger partial charge < -0.3 is 5.32 Å². The summed E-state index contributed by atoms with van der Waals surface area (Å²) in [6.07, 6.45) is 1.81. The van der Waals surface area contributed by atoms with Gasteiger partial charge in [-0.25, -0.2) is 0 Å². The van der Waals surface area contributed by atoms with E-state index in [4.69, 9.17) is 11.6 Å². The molecule has 1 N–H and O–H groups in total. The minimum atomic E-state index is -0.357. The highest BCUT2D eigenvalue weighted by Gasteiger charge is 2.51. The molecular formula is C18H18ClNO. The molecule has 0 bridgehead atoms. The number of amides is 1. The molecule has 2 aromatic rings. The van der Waals surface area contributed by atoms with Crippen LogP contribution in [0.25, 0.3) is 0 Å². The monoisotopic (exact) mass is 299 g/mol. The topological polar surface area (TPSA) is 29.1 Å². The average molecular weight is 300 g/mol. The molecule has 3 rings (SSSR count). The fraction of sp³-hybridized carbons (Fsp3) is 0.278. The van der Waals surface area contributed by atoms with Gasteiger partial charge in [-0.15, -0.1) is 11.6 Å². The molecule has 1 amide bonds. The minimum absolute atomic E-state index is 0.0680. The normalized spacial score (nSPS) is 17.0. The highest BCUT2D eigenvalue weighted by Crippen LogP contribution is 2.49. The molecule has 0 aliphatic heterocycles. The van der Waals surface area contributed by atoms with Crippen molar-refractivity contribution in [2.45, 2.75) is 30.6 Å². The van der Waals surface area contributed by atoms with E-state index < -0.39 is 0 Å². The first-order valence-electron chi connectivity index (χ1n) is 7.23. The van der Waals surface area contributed by atoms with Crippen LogP contribution >= 0.6 is 11.6 Å². The number of alkyl halides is 1. The molecular weight excluding hydrogens is 282 g/mol. The molecule has 1 aliphatic rings. The fourth-order valence-corrected chi connectivity index (χ4v) is 2.92. The molecule has 1 aliphatic carbocycles. The van der Waals surface area contributed by atoms with Crippen molar-refractivity contribution >= 4 is 23.2 Å². The Bertz CT molecular complexity index is 647. The van der Waals surface area contributed by atoms with Gasteiger partial charge in [0.1, 0.15) is 0 Å². The summed E-state index contributed by atoms with van der Waals surface area (Å²) in [6, 6.07) is 17.7. The predicted molar refractivity (Wildman–Crippen MR) is 86.7 cm³/mol. The number of rotatable bonds is 4.